The third-order valence-electron chi connectivity index (χ3n) is 3.66. The fourth-order valence-electron chi connectivity index (χ4n) is 2.54. The molecule has 2 aromatic rings. The average Bonchev–Trinajstić information content (AvgIpc) is 2.82. The van der Waals surface area contributed by atoms with Crippen molar-refractivity contribution in [1.29, 1.82) is 0 Å². The van der Waals surface area contributed by atoms with Crippen molar-refractivity contribution in [1.82, 2.24) is 9.55 Å². The van der Waals surface area contributed by atoms with Crippen LogP contribution in [0.4, 0.5) is 0 Å². The van der Waals surface area contributed by atoms with Crippen LogP contribution in [0.3, 0.4) is 0 Å². The Morgan fingerprint density at radius 3 is 2.95 bits per heavy atom. The van der Waals surface area contributed by atoms with Crippen molar-refractivity contribution in [3.63, 3.8) is 0 Å². The van der Waals surface area contributed by atoms with Crippen molar-refractivity contribution in [2.45, 2.75) is 19.4 Å². The van der Waals surface area contributed by atoms with E-state index < -0.39 is 5.97 Å². The Balaban J connectivity index is 1.89. The van der Waals surface area contributed by atoms with Gasteiger partial charge in [0.15, 0.2) is 0 Å². The molecule has 1 aromatic carbocycles. The summed E-state index contributed by atoms with van der Waals surface area (Å²) in [6.07, 6.45) is 4.31. The number of benzene rings is 1. The van der Waals surface area contributed by atoms with E-state index in [4.69, 9.17) is 5.11 Å². The molecule has 0 saturated carbocycles. The Morgan fingerprint density at radius 1 is 1.42 bits per heavy atom. The fourth-order valence-corrected chi connectivity index (χ4v) is 3.75. The summed E-state index contributed by atoms with van der Waals surface area (Å²) in [6.45, 7) is 0.945. The third kappa shape index (κ3) is 2.61. The highest BCUT2D eigenvalue weighted by atomic mass is 32.2. The van der Waals surface area contributed by atoms with Crippen molar-refractivity contribution < 1.29 is 9.90 Å². The molecule has 1 aliphatic heterocycles. The van der Waals surface area contributed by atoms with Gasteiger partial charge in [-0.2, -0.15) is 11.8 Å². The molecule has 1 N–H and O–H groups in total. The number of carboxylic acid groups (broad SMARTS) is 1. The summed E-state index contributed by atoms with van der Waals surface area (Å²) in [4.78, 5) is 15.4. The first-order chi connectivity index (χ1) is 9.24. The van der Waals surface area contributed by atoms with Crippen molar-refractivity contribution >= 4 is 28.8 Å². The number of imidazole rings is 1. The van der Waals surface area contributed by atoms with Crippen LogP contribution in [0.5, 0.6) is 0 Å². The van der Waals surface area contributed by atoms with Gasteiger partial charge < -0.3 is 9.67 Å². The van der Waals surface area contributed by atoms with Crippen LogP contribution in [0.15, 0.2) is 24.5 Å². The molecule has 5 heteroatoms. The van der Waals surface area contributed by atoms with E-state index in [1.165, 1.54) is 24.3 Å². The number of carbonyl (C=O) groups is 1. The van der Waals surface area contributed by atoms with Crippen LogP contribution in [-0.4, -0.2) is 32.1 Å². The number of aromatic nitrogens is 2. The van der Waals surface area contributed by atoms with Gasteiger partial charge in [-0.3, -0.25) is 0 Å². The van der Waals surface area contributed by atoms with Crippen LogP contribution in [-0.2, 0) is 6.54 Å². The lowest BCUT2D eigenvalue weighted by Crippen LogP contribution is -2.15. The van der Waals surface area contributed by atoms with Gasteiger partial charge in [-0.05, 0) is 48.5 Å². The molecule has 0 amide bonds. The topological polar surface area (TPSA) is 55.1 Å². The van der Waals surface area contributed by atoms with E-state index in [2.05, 4.69) is 9.55 Å². The summed E-state index contributed by atoms with van der Waals surface area (Å²) in [5.41, 5.74) is 2.13. The van der Waals surface area contributed by atoms with E-state index in [1.807, 2.05) is 18.1 Å². The van der Waals surface area contributed by atoms with Gasteiger partial charge in [0, 0.05) is 6.54 Å². The summed E-state index contributed by atoms with van der Waals surface area (Å²) in [7, 11) is 0. The standard InChI is InChI=1S/C14H16N2O2S/c17-14(18)11-1-2-12-13(7-11)16(9-15-12)8-10-3-5-19-6-4-10/h1-2,7,9-10H,3-6,8H2,(H,17,18). The molecule has 0 unspecified atom stereocenters. The second-order valence-corrected chi connectivity index (χ2v) is 6.19. The number of hydrogen-bond donors (Lipinski definition) is 1. The van der Waals surface area contributed by atoms with Crippen LogP contribution in [0.1, 0.15) is 23.2 Å². The molecular formula is C14H16N2O2S. The largest absolute Gasteiger partial charge is 0.478 e. The molecule has 1 aliphatic rings. The molecule has 0 aliphatic carbocycles. The minimum atomic E-state index is -0.885. The predicted molar refractivity (Wildman–Crippen MR) is 76.7 cm³/mol. The summed E-state index contributed by atoms with van der Waals surface area (Å²) in [5, 5.41) is 9.06. The smallest absolute Gasteiger partial charge is 0.335 e. The fraction of sp³-hybridized carbons (Fsp3) is 0.429. The van der Waals surface area contributed by atoms with Gasteiger partial charge in [-0.1, -0.05) is 0 Å². The Kier molecular flexibility index (Phi) is 3.46. The molecule has 19 heavy (non-hydrogen) atoms. The summed E-state index contributed by atoms with van der Waals surface area (Å²) in [5.74, 6) is 2.27. The van der Waals surface area contributed by atoms with Gasteiger partial charge in [-0.15, -0.1) is 0 Å². The Hall–Kier alpha value is -1.49. The number of hydrogen-bond acceptors (Lipinski definition) is 3. The van der Waals surface area contributed by atoms with Gasteiger partial charge in [0.25, 0.3) is 0 Å². The van der Waals surface area contributed by atoms with Gasteiger partial charge >= 0.3 is 5.97 Å². The van der Waals surface area contributed by atoms with Gasteiger partial charge in [0.2, 0.25) is 0 Å². The average molecular weight is 276 g/mol. The molecule has 2 heterocycles. The van der Waals surface area contributed by atoms with Crippen molar-refractivity contribution in [3.8, 4) is 0 Å². The zero-order chi connectivity index (χ0) is 13.2. The zero-order valence-corrected chi connectivity index (χ0v) is 11.4. The summed E-state index contributed by atoms with van der Waals surface area (Å²) >= 11 is 2.02. The lowest BCUT2D eigenvalue weighted by Gasteiger charge is -2.21. The van der Waals surface area contributed by atoms with Crippen LogP contribution in [0.2, 0.25) is 0 Å². The molecular weight excluding hydrogens is 260 g/mol. The highest BCUT2D eigenvalue weighted by Gasteiger charge is 2.16. The summed E-state index contributed by atoms with van der Waals surface area (Å²) < 4.78 is 2.10. The van der Waals surface area contributed by atoms with Gasteiger partial charge in [0.05, 0.1) is 22.9 Å². The second-order valence-electron chi connectivity index (χ2n) is 4.96. The molecule has 0 spiro atoms. The molecule has 3 rings (SSSR count). The Morgan fingerprint density at radius 2 is 2.21 bits per heavy atom. The first kappa shape index (κ1) is 12.5. The van der Waals surface area contributed by atoms with Crippen LogP contribution in [0, 0.1) is 5.92 Å². The number of fused-ring (bicyclic) bond motifs is 1. The second kappa shape index (κ2) is 5.25. The first-order valence-corrected chi connectivity index (χ1v) is 7.65. The number of rotatable bonds is 3. The van der Waals surface area contributed by atoms with E-state index in [0.717, 1.165) is 17.6 Å². The first-order valence-electron chi connectivity index (χ1n) is 6.50. The molecule has 1 fully saturated rings. The van der Waals surface area contributed by atoms with Crippen LogP contribution in [0.25, 0.3) is 11.0 Å². The Bertz CT molecular complexity index is 603. The molecule has 0 bridgehead atoms. The number of nitrogens with zero attached hydrogens (tertiary/aromatic N) is 2. The number of aromatic carboxylic acids is 1. The quantitative estimate of drug-likeness (QED) is 0.936. The minimum Gasteiger partial charge on any atom is -0.478 e. The predicted octanol–water partition coefficient (Wildman–Crippen LogP) is 2.88. The maximum absolute atomic E-state index is 11.0. The highest BCUT2D eigenvalue weighted by Crippen LogP contribution is 2.25. The molecule has 1 saturated heterocycles. The van der Waals surface area contributed by atoms with Crippen molar-refractivity contribution in [2.24, 2.45) is 5.92 Å². The third-order valence-corrected chi connectivity index (χ3v) is 4.71. The molecule has 4 nitrogen and oxygen atoms in total. The monoisotopic (exact) mass is 276 g/mol. The maximum Gasteiger partial charge on any atom is 0.335 e. The van der Waals surface area contributed by atoms with Crippen molar-refractivity contribution in [3.05, 3.63) is 30.1 Å². The van der Waals surface area contributed by atoms with Crippen molar-refractivity contribution in [2.75, 3.05) is 11.5 Å². The van der Waals surface area contributed by atoms with E-state index in [0.29, 0.717) is 11.5 Å². The molecule has 100 valence electrons. The van der Waals surface area contributed by atoms with E-state index >= 15 is 0 Å². The normalized spacial score (nSPS) is 16.8. The maximum atomic E-state index is 11.0. The number of thioether (sulfide) groups is 1. The van der Waals surface area contributed by atoms with Gasteiger partial charge in [-0.25, -0.2) is 9.78 Å². The molecule has 1 aromatic heterocycles. The van der Waals surface area contributed by atoms with Crippen LogP contribution < -0.4 is 0 Å². The van der Waals surface area contributed by atoms with Gasteiger partial charge in [0.1, 0.15) is 0 Å². The van der Waals surface area contributed by atoms with E-state index in [-0.39, 0.29) is 0 Å². The highest BCUT2D eigenvalue weighted by molar-refractivity contribution is 7.99. The SMILES string of the molecule is O=C(O)c1ccc2ncn(CC3CCSCC3)c2c1. The van der Waals surface area contributed by atoms with Crippen LogP contribution >= 0.6 is 11.8 Å². The Labute approximate surface area is 115 Å². The minimum absolute atomic E-state index is 0.327. The summed E-state index contributed by atoms with van der Waals surface area (Å²) in [6, 6.07) is 5.12. The molecule has 0 atom stereocenters. The molecule has 0 radical (unpaired) electrons. The lowest BCUT2D eigenvalue weighted by atomic mass is 10.0. The van der Waals surface area contributed by atoms with E-state index in [1.54, 1.807) is 18.2 Å². The lowest BCUT2D eigenvalue weighted by molar-refractivity contribution is 0.0697. The number of carboxylic acids is 1. The zero-order valence-electron chi connectivity index (χ0n) is 10.6. The van der Waals surface area contributed by atoms with E-state index in [9.17, 15) is 4.79 Å².